The molecule has 0 bridgehead atoms. The third-order valence-electron chi connectivity index (χ3n) is 2.13. The largest absolute Gasteiger partial charge is 0.0808 e. The Kier molecular flexibility index (Phi) is 3.59. The van der Waals surface area contributed by atoms with Crippen LogP contribution in [0.4, 0.5) is 0 Å². The summed E-state index contributed by atoms with van der Waals surface area (Å²) >= 11 is 0. The summed E-state index contributed by atoms with van der Waals surface area (Å²) in [4.78, 5) is 0. The van der Waals surface area contributed by atoms with E-state index in [2.05, 4.69) is 56.4 Å². The van der Waals surface area contributed by atoms with Crippen molar-refractivity contribution in [1.29, 1.82) is 0 Å². The fourth-order valence-electron chi connectivity index (χ4n) is 1.07. The molecule has 12 heavy (non-hydrogen) atoms. The van der Waals surface area contributed by atoms with Crippen LogP contribution in [-0.4, -0.2) is 0 Å². The zero-order valence-corrected chi connectivity index (χ0v) is 7.83. The molecule has 0 nitrogen and oxygen atoms in total. The van der Waals surface area contributed by atoms with Gasteiger partial charge in [-0.15, -0.1) is 0 Å². The minimum Gasteiger partial charge on any atom is -0.0808 e. The predicted molar refractivity (Wildman–Crippen MR) is 55.0 cm³/mol. The Morgan fingerprint density at radius 2 is 1.92 bits per heavy atom. The zero-order chi connectivity index (χ0) is 8.81. The average Bonchev–Trinajstić information content (AvgIpc) is 2.08. The standard InChI is InChI=1S/C12H16/c1-11-9-7-5-3-4-6-8-10-12(11)2/h3,5-11H,4H2,1-2H3/b5-3-,8-6-,9-7-,12-10-. The molecule has 0 saturated carbocycles. The molecule has 1 rings (SSSR count). The van der Waals surface area contributed by atoms with Crippen LogP contribution in [-0.2, 0) is 0 Å². The van der Waals surface area contributed by atoms with Crippen LogP contribution >= 0.6 is 0 Å². The van der Waals surface area contributed by atoms with Crippen LogP contribution in [0.2, 0.25) is 0 Å². The van der Waals surface area contributed by atoms with Crippen LogP contribution in [0.25, 0.3) is 0 Å². The Balaban J connectivity index is 2.76. The lowest BCUT2D eigenvalue weighted by molar-refractivity contribution is 0.862. The van der Waals surface area contributed by atoms with Crippen LogP contribution in [0.15, 0.2) is 48.1 Å². The van der Waals surface area contributed by atoms with Crippen molar-refractivity contribution in [2.24, 2.45) is 5.92 Å². The molecule has 0 aromatic carbocycles. The summed E-state index contributed by atoms with van der Waals surface area (Å²) < 4.78 is 0. The fraction of sp³-hybridized carbons (Fsp3) is 0.333. The first kappa shape index (κ1) is 9.05. The summed E-state index contributed by atoms with van der Waals surface area (Å²) in [6, 6.07) is 0. The Labute approximate surface area is 75.0 Å². The molecule has 0 fully saturated rings. The number of hydrogen-bond donors (Lipinski definition) is 0. The van der Waals surface area contributed by atoms with Gasteiger partial charge < -0.3 is 0 Å². The van der Waals surface area contributed by atoms with Crippen LogP contribution in [0.5, 0.6) is 0 Å². The average molecular weight is 160 g/mol. The Morgan fingerprint density at radius 1 is 1.17 bits per heavy atom. The van der Waals surface area contributed by atoms with Crippen molar-refractivity contribution >= 4 is 0 Å². The van der Waals surface area contributed by atoms with E-state index in [1.54, 1.807) is 0 Å². The van der Waals surface area contributed by atoms with Crippen molar-refractivity contribution in [3.63, 3.8) is 0 Å². The van der Waals surface area contributed by atoms with Gasteiger partial charge in [-0.25, -0.2) is 0 Å². The number of allylic oxidation sites excluding steroid dienone is 8. The molecule has 0 radical (unpaired) electrons. The monoisotopic (exact) mass is 160 g/mol. The SMILES string of the molecule is C/C1=C/C=C\C/C=C\C=C/C1C. The molecule has 0 aliphatic heterocycles. The maximum absolute atomic E-state index is 2.22. The van der Waals surface area contributed by atoms with Crippen molar-refractivity contribution in [2.75, 3.05) is 0 Å². The van der Waals surface area contributed by atoms with Crippen molar-refractivity contribution in [1.82, 2.24) is 0 Å². The fourth-order valence-corrected chi connectivity index (χ4v) is 1.07. The van der Waals surface area contributed by atoms with Crippen molar-refractivity contribution in [2.45, 2.75) is 20.3 Å². The second-order valence-electron chi connectivity index (χ2n) is 3.18. The van der Waals surface area contributed by atoms with Crippen LogP contribution < -0.4 is 0 Å². The van der Waals surface area contributed by atoms with Crippen LogP contribution in [0, 0.1) is 5.92 Å². The Morgan fingerprint density at radius 3 is 2.75 bits per heavy atom. The molecule has 1 atom stereocenters. The molecule has 64 valence electrons. The highest BCUT2D eigenvalue weighted by molar-refractivity contribution is 5.20. The predicted octanol–water partition coefficient (Wildman–Crippen LogP) is 3.64. The molecule has 0 amide bonds. The van der Waals surface area contributed by atoms with Gasteiger partial charge in [0.1, 0.15) is 0 Å². The topological polar surface area (TPSA) is 0 Å². The van der Waals surface area contributed by atoms with Gasteiger partial charge in [0, 0.05) is 0 Å². The minimum absolute atomic E-state index is 0.553. The highest BCUT2D eigenvalue weighted by Crippen LogP contribution is 2.12. The maximum Gasteiger partial charge on any atom is -0.00482 e. The van der Waals surface area contributed by atoms with E-state index >= 15 is 0 Å². The minimum atomic E-state index is 0.553. The van der Waals surface area contributed by atoms with E-state index in [1.807, 2.05) is 0 Å². The molecule has 0 aromatic heterocycles. The molecule has 0 aromatic rings. The molecule has 1 aliphatic rings. The highest BCUT2D eigenvalue weighted by atomic mass is 14.0. The van der Waals surface area contributed by atoms with Gasteiger partial charge in [-0.2, -0.15) is 0 Å². The summed E-state index contributed by atoms with van der Waals surface area (Å²) in [5, 5.41) is 0. The van der Waals surface area contributed by atoms with Gasteiger partial charge in [0.05, 0.1) is 0 Å². The van der Waals surface area contributed by atoms with Gasteiger partial charge in [-0.3, -0.25) is 0 Å². The summed E-state index contributed by atoms with van der Waals surface area (Å²) in [5.74, 6) is 0.553. The van der Waals surface area contributed by atoms with E-state index in [-0.39, 0.29) is 0 Å². The molecular formula is C12H16. The van der Waals surface area contributed by atoms with E-state index in [0.717, 1.165) is 6.42 Å². The third-order valence-corrected chi connectivity index (χ3v) is 2.13. The van der Waals surface area contributed by atoms with Crippen molar-refractivity contribution < 1.29 is 0 Å². The van der Waals surface area contributed by atoms with Gasteiger partial charge >= 0.3 is 0 Å². The number of hydrogen-bond acceptors (Lipinski definition) is 0. The van der Waals surface area contributed by atoms with Gasteiger partial charge in [-0.05, 0) is 19.3 Å². The van der Waals surface area contributed by atoms with Gasteiger partial charge in [-0.1, -0.05) is 55.0 Å². The second kappa shape index (κ2) is 4.76. The molecule has 0 N–H and O–H groups in total. The first-order chi connectivity index (χ1) is 5.80. The first-order valence-corrected chi connectivity index (χ1v) is 4.47. The second-order valence-corrected chi connectivity index (χ2v) is 3.18. The van der Waals surface area contributed by atoms with E-state index in [0.29, 0.717) is 5.92 Å². The molecule has 0 spiro atoms. The van der Waals surface area contributed by atoms with E-state index in [4.69, 9.17) is 0 Å². The lowest BCUT2D eigenvalue weighted by Gasteiger charge is -2.05. The summed E-state index contributed by atoms with van der Waals surface area (Å²) in [5.41, 5.74) is 1.41. The maximum atomic E-state index is 2.22. The summed E-state index contributed by atoms with van der Waals surface area (Å²) in [6.45, 7) is 4.39. The van der Waals surface area contributed by atoms with E-state index in [1.165, 1.54) is 5.57 Å². The smallest absolute Gasteiger partial charge is 0.00482 e. The van der Waals surface area contributed by atoms with E-state index in [9.17, 15) is 0 Å². The molecule has 1 aliphatic carbocycles. The number of rotatable bonds is 0. The Bertz CT molecular complexity index is 239. The lowest BCUT2D eigenvalue weighted by atomic mass is 10.0. The van der Waals surface area contributed by atoms with Crippen molar-refractivity contribution in [3.8, 4) is 0 Å². The summed E-state index contributed by atoms with van der Waals surface area (Å²) in [7, 11) is 0. The molecule has 0 heterocycles. The molecule has 1 unspecified atom stereocenters. The molecular weight excluding hydrogens is 144 g/mol. The summed E-state index contributed by atoms with van der Waals surface area (Å²) in [6.07, 6.45) is 16.1. The quantitative estimate of drug-likeness (QED) is 0.507. The van der Waals surface area contributed by atoms with Gasteiger partial charge in [0.2, 0.25) is 0 Å². The molecule has 0 heteroatoms. The normalized spacial score (nSPS) is 36.2. The van der Waals surface area contributed by atoms with Crippen molar-refractivity contribution in [3.05, 3.63) is 48.1 Å². The van der Waals surface area contributed by atoms with Gasteiger partial charge in [0.25, 0.3) is 0 Å². The van der Waals surface area contributed by atoms with E-state index < -0.39 is 0 Å². The molecule has 0 saturated heterocycles. The lowest BCUT2D eigenvalue weighted by Crippen LogP contribution is -1.90. The van der Waals surface area contributed by atoms with Crippen LogP contribution in [0.3, 0.4) is 0 Å². The van der Waals surface area contributed by atoms with Crippen LogP contribution in [0.1, 0.15) is 20.3 Å². The first-order valence-electron chi connectivity index (χ1n) is 4.47. The third kappa shape index (κ3) is 2.91. The Hall–Kier alpha value is -1.04. The zero-order valence-electron chi connectivity index (χ0n) is 7.83. The highest BCUT2D eigenvalue weighted by Gasteiger charge is 1.96. The van der Waals surface area contributed by atoms with Gasteiger partial charge in [0.15, 0.2) is 0 Å².